The van der Waals surface area contributed by atoms with E-state index in [2.05, 4.69) is 4.99 Å². The highest BCUT2D eigenvalue weighted by Crippen LogP contribution is 2.34. The van der Waals surface area contributed by atoms with Gasteiger partial charge in [0, 0.05) is 7.11 Å². The van der Waals surface area contributed by atoms with Crippen LogP contribution < -0.4 is 4.74 Å². The van der Waals surface area contributed by atoms with E-state index in [0.717, 1.165) is 11.3 Å². The van der Waals surface area contributed by atoms with Crippen LogP contribution in [0.2, 0.25) is 0 Å². The Morgan fingerprint density at radius 2 is 1.93 bits per heavy atom. The largest absolute Gasteiger partial charge is 0.479 e. The topological polar surface area (TPSA) is 74.9 Å². The summed E-state index contributed by atoms with van der Waals surface area (Å²) in [6.45, 7) is 0.868. The number of ether oxygens (including phenoxy) is 2. The average molecular weight is 393 g/mol. The fourth-order valence-corrected chi connectivity index (χ4v) is 3.54. The van der Waals surface area contributed by atoms with Crippen molar-refractivity contribution >= 4 is 34.6 Å². The van der Waals surface area contributed by atoms with E-state index in [0.29, 0.717) is 29.0 Å². The normalized spacial score (nSPS) is 16.6. The van der Waals surface area contributed by atoms with Crippen molar-refractivity contribution in [3.8, 4) is 11.8 Å². The minimum absolute atomic E-state index is 0.00252. The minimum atomic E-state index is -0.0958. The second-order valence-corrected chi connectivity index (χ2v) is 6.82. The zero-order chi connectivity index (χ0) is 19.8. The van der Waals surface area contributed by atoms with Crippen molar-refractivity contribution in [3.63, 3.8) is 0 Å². The van der Waals surface area contributed by atoms with E-state index in [9.17, 15) is 4.79 Å². The molecule has 3 rings (SSSR count). The molecule has 1 aliphatic heterocycles. The summed E-state index contributed by atoms with van der Waals surface area (Å²) in [7, 11) is 1.61. The van der Waals surface area contributed by atoms with Crippen molar-refractivity contribution in [2.45, 2.75) is 0 Å². The average Bonchev–Trinajstić information content (AvgIpc) is 3.01. The fraction of sp³-hybridized carbons (Fsp3) is 0.190. The Balaban J connectivity index is 1.83. The molecule has 7 heteroatoms. The Morgan fingerprint density at radius 1 is 1.18 bits per heavy atom. The maximum Gasteiger partial charge on any atom is 0.266 e. The lowest BCUT2D eigenvalue weighted by Gasteiger charge is -2.14. The first-order chi connectivity index (χ1) is 13.7. The summed E-state index contributed by atoms with van der Waals surface area (Å²) < 4.78 is 10.4. The summed E-state index contributed by atoms with van der Waals surface area (Å²) in [6.07, 6.45) is 1.83. The van der Waals surface area contributed by atoms with Gasteiger partial charge in [0.05, 0.1) is 23.7 Å². The van der Waals surface area contributed by atoms with E-state index in [4.69, 9.17) is 14.7 Å². The second kappa shape index (κ2) is 9.74. The molecule has 2 aromatic carbocycles. The number of hydrogen-bond acceptors (Lipinski definition) is 6. The Morgan fingerprint density at radius 3 is 2.61 bits per heavy atom. The molecule has 28 heavy (non-hydrogen) atoms. The first-order valence-corrected chi connectivity index (χ1v) is 9.47. The van der Waals surface area contributed by atoms with Crippen LogP contribution in [0.5, 0.6) is 5.75 Å². The van der Waals surface area contributed by atoms with Crippen LogP contribution in [-0.2, 0) is 9.53 Å². The summed E-state index contributed by atoms with van der Waals surface area (Å²) in [5.41, 5.74) is 1.66. The third-order valence-corrected chi connectivity index (χ3v) is 4.88. The number of hydrogen-bond donors (Lipinski definition) is 0. The molecule has 6 nitrogen and oxygen atoms in total. The van der Waals surface area contributed by atoms with Crippen molar-refractivity contribution in [3.05, 3.63) is 65.1 Å². The van der Waals surface area contributed by atoms with Crippen LogP contribution in [0.4, 0.5) is 5.69 Å². The predicted molar refractivity (Wildman–Crippen MR) is 110 cm³/mol. The molecule has 0 unspecified atom stereocenters. The van der Waals surface area contributed by atoms with Crippen molar-refractivity contribution in [1.29, 1.82) is 5.26 Å². The Hall–Kier alpha value is -3.08. The molecular weight excluding hydrogens is 374 g/mol. The molecule has 0 spiro atoms. The second-order valence-electron chi connectivity index (χ2n) is 5.81. The van der Waals surface area contributed by atoms with Gasteiger partial charge in [0.25, 0.3) is 5.91 Å². The summed E-state index contributed by atoms with van der Waals surface area (Å²) in [4.78, 5) is 19.7. The van der Waals surface area contributed by atoms with Gasteiger partial charge in [0.2, 0.25) is 0 Å². The number of aliphatic imine (C=N–C) groups is 1. The minimum Gasteiger partial charge on any atom is -0.479 e. The first-order valence-electron chi connectivity index (χ1n) is 8.65. The Bertz CT molecular complexity index is 918. The number of benzene rings is 2. The van der Waals surface area contributed by atoms with Crippen LogP contribution in [0.15, 0.2) is 64.5 Å². The maximum absolute atomic E-state index is 12.9. The number of nitrogens with zero attached hydrogens (tertiary/aromatic N) is 3. The van der Waals surface area contributed by atoms with E-state index < -0.39 is 0 Å². The van der Waals surface area contributed by atoms with E-state index in [-0.39, 0.29) is 12.5 Å². The molecule has 0 aliphatic carbocycles. The van der Waals surface area contributed by atoms with Crippen molar-refractivity contribution < 1.29 is 14.3 Å². The molecule has 1 fully saturated rings. The number of para-hydroxylation sites is 1. The van der Waals surface area contributed by atoms with Gasteiger partial charge in [-0.1, -0.05) is 30.3 Å². The molecule has 1 amide bonds. The highest BCUT2D eigenvalue weighted by atomic mass is 32.2. The molecule has 0 bridgehead atoms. The van der Waals surface area contributed by atoms with E-state index in [1.165, 1.54) is 11.8 Å². The number of rotatable bonds is 7. The van der Waals surface area contributed by atoms with Crippen LogP contribution >= 0.6 is 11.8 Å². The van der Waals surface area contributed by atoms with E-state index in [1.807, 2.05) is 54.6 Å². The molecule has 0 atom stereocenters. The van der Waals surface area contributed by atoms with Gasteiger partial charge in [0.1, 0.15) is 11.8 Å². The molecule has 142 valence electrons. The number of carbonyl (C=O) groups excluding carboxylic acids is 1. The molecular formula is C21H19N3O3S. The fourth-order valence-electron chi connectivity index (χ4n) is 2.51. The number of carbonyl (C=O) groups is 1. The van der Waals surface area contributed by atoms with Gasteiger partial charge < -0.3 is 9.47 Å². The molecule has 0 saturated carbocycles. The van der Waals surface area contributed by atoms with Crippen LogP contribution in [0.25, 0.3) is 6.08 Å². The first kappa shape index (κ1) is 19.7. The van der Waals surface area contributed by atoms with Crippen molar-refractivity contribution in [2.75, 3.05) is 26.9 Å². The number of methoxy groups -OCH3 is 1. The Labute approximate surface area is 168 Å². The zero-order valence-corrected chi connectivity index (χ0v) is 16.2. The quantitative estimate of drug-likeness (QED) is 0.668. The van der Waals surface area contributed by atoms with Crippen molar-refractivity contribution in [1.82, 2.24) is 4.90 Å². The number of thioether (sulfide) groups is 1. The van der Waals surface area contributed by atoms with Crippen LogP contribution in [0.1, 0.15) is 5.56 Å². The summed E-state index contributed by atoms with van der Waals surface area (Å²) in [5, 5.41) is 9.20. The monoisotopic (exact) mass is 393 g/mol. The van der Waals surface area contributed by atoms with Crippen LogP contribution in [0, 0.1) is 11.3 Å². The highest BCUT2D eigenvalue weighted by molar-refractivity contribution is 8.18. The van der Waals surface area contributed by atoms with Gasteiger partial charge in [-0.2, -0.15) is 5.26 Å². The van der Waals surface area contributed by atoms with Crippen LogP contribution in [-0.4, -0.2) is 42.8 Å². The number of amidine groups is 1. The lowest BCUT2D eigenvalue weighted by Crippen LogP contribution is -2.32. The van der Waals surface area contributed by atoms with Crippen LogP contribution in [0.3, 0.4) is 0 Å². The third-order valence-electron chi connectivity index (χ3n) is 3.87. The molecule has 1 aliphatic rings. The molecule has 0 N–H and O–H groups in total. The lowest BCUT2D eigenvalue weighted by atomic mass is 10.2. The molecule has 0 aromatic heterocycles. The van der Waals surface area contributed by atoms with Gasteiger partial charge >= 0.3 is 0 Å². The summed E-state index contributed by atoms with van der Waals surface area (Å²) in [5.74, 6) is 0.517. The third kappa shape index (κ3) is 5.00. The highest BCUT2D eigenvalue weighted by Gasteiger charge is 2.33. The summed E-state index contributed by atoms with van der Waals surface area (Å²) in [6, 6.07) is 18.7. The van der Waals surface area contributed by atoms with Gasteiger partial charge in [-0.05, 0) is 47.7 Å². The number of nitriles is 1. The van der Waals surface area contributed by atoms with Gasteiger partial charge in [-0.15, -0.1) is 0 Å². The zero-order valence-electron chi connectivity index (χ0n) is 15.4. The standard InChI is InChI=1S/C21H19N3O3S/c1-26-14-12-24-20(25)19(28-21(24)23-17-5-3-2-4-6-17)15-16-7-9-18(10-8-16)27-13-11-22/h2-10,15H,12-14H2,1H3/b19-15+,23-21?. The lowest BCUT2D eigenvalue weighted by molar-refractivity contribution is -0.122. The van der Waals surface area contributed by atoms with Gasteiger partial charge in [-0.3, -0.25) is 9.69 Å². The predicted octanol–water partition coefficient (Wildman–Crippen LogP) is 3.84. The van der Waals surface area contributed by atoms with E-state index in [1.54, 1.807) is 24.1 Å². The number of amides is 1. The van der Waals surface area contributed by atoms with Gasteiger partial charge in [0.15, 0.2) is 11.8 Å². The molecule has 0 radical (unpaired) electrons. The SMILES string of the molecule is COCCN1C(=O)/C(=C\c2ccc(OCC#N)cc2)SC1=Nc1ccccc1. The smallest absolute Gasteiger partial charge is 0.266 e. The summed E-state index contributed by atoms with van der Waals surface area (Å²) >= 11 is 1.34. The van der Waals surface area contributed by atoms with Crippen molar-refractivity contribution in [2.24, 2.45) is 4.99 Å². The Kier molecular flexibility index (Phi) is 6.84. The maximum atomic E-state index is 12.9. The molecule has 1 saturated heterocycles. The van der Waals surface area contributed by atoms with Gasteiger partial charge in [-0.25, -0.2) is 4.99 Å². The molecule has 2 aromatic rings. The molecule has 1 heterocycles. The van der Waals surface area contributed by atoms with E-state index >= 15 is 0 Å².